The highest BCUT2D eigenvalue weighted by Crippen LogP contribution is 2.38. The van der Waals surface area contributed by atoms with Crippen LogP contribution in [0.3, 0.4) is 0 Å². The van der Waals surface area contributed by atoms with Gasteiger partial charge in [0.15, 0.2) is 0 Å². The molecule has 2 amide bonds. The summed E-state index contributed by atoms with van der Waals surface area (Å²) in [5.41, 5.74) is 5.80. The molecule has 0 fully saturated rings. The van der Waals surface area contributed by atoms with Crippen molar-refractivity contribution in [1.82, 2.24) is 0 Å². The zero-order chi connectivity index (χ0) is 29.2. The average molecular weight is 555 g/mol. The number of rotatable bonds is 6. The first-order valence-corrected chi connectivity index (χ1v) is 14.0. The lowest BCUT2D eigenvalue weighted by atomic mass is 9.77. The third kappa shape index (κ3) is 5.88. The summed E-state index contributed by atoms with van der Waals surface area (Å²) in [7, 11) is -4.33. The minimum Gasteiger partial charge on any atom is -0.322 e. The van der Waals surface area contributed by atoms with Gasteiger partial charge in [-0.25, -0.2) is 0 Å². The molecule has 4 rings (SSSR count). The maximum Gasteiger partial charge on any atom is 0.294 e. The predicted molar refractivity (Wildman–Crippen MR) is 160 cm³/mol. The Bertz CT molecular complexity index is 1800. The van der Waals surface area contributed by atoms with Gasteiger partial charge < -0.3 is 10.6 Å². The van der Waals surface area contributed by atoms with E-state index in [2.05, 4.69) is 23.8 Å². The molecule has 0 heterocycles. The lowest BCUT2D eigenvalue weighted by molar-refractivity contribution is -0.113. The molecule has 8 heteroatoms. The van der Waals surface area contributed by atoms with E-state index in [1.54, 1.807) is 6.07 Å². The molecule has 3 N–H and O–H groups in total. The molecule has 3 aromatic carbocycles. The summed E-state index contributed by atoms with van der Waals surface area (Å²) in [5.74, 6) is -0.790. The number of amides is 2. The van der Waals surface area contributed by atoms with Crippen molar-refractivity contribution >= 4 is 52.0 Å². The van der Waals surface area contributed by atoms with E-state index in [0.29, 0.717) is 27.3 Å². The van der Waals surface area contributed by atoms with Crippen molar-refractivity contribution in [2.45, 2.75) is 25.7 Å². The van der Waals surface area contributed by atoms with Crippen LogP contribution in [0.1, 0.15) is 36.7 Å². The van der Waals surface area contributed by atoms with Crippen LogP contribution in [0.2, 0.25) is 0 Å². The minimum atomic E-state index is -4.33. The third-order valence-corrected chi connectivity index (χ3v) is 7.70. The second-order valence-electron chi connectivity index (χ2n) is 9.73. The first-order valence-electron chi connectivity index (χ1n) is 12.5. The number of carbonyl (C=O) groups is 2. The maximum absolute atomic E-state index is 13.1. The smallest absolute Gasteiger partial charge is 0.294 e. The van der Waals surface area contributed by atoms with Crippen LogP contribution in [0.25, 0.3) is 18.7 Å². The summed E-state index contributed by atoms with van der Waals surface area (Å²) in [4.78, 5) is 25.9. The summed E-state index contributed by atoms with van der Waals surface area (Å²) in [6, 6.07) is 18.0. The molecule has 3 aromatic rings. The van der Waals surface area contributed by atoms with Gasteiger partial charge in [-0.3, -0.25) is 14.1 Å². The van der Waals surface area contributed by atoms with Gasteiger partial charge in [-0.05, 0) is 83.5 Å². The fraction of sp³-hybridized carbons (Fsp3) is 0.125. The Morgan fingerprint density at radius 3 is 2.00 bits per heavy atom. The molecule has 0 saturated carbocycles. The second kappa shape index (κ2) is 11.3. The largest absolute Gasteiger partial charge is 0.322 e. The molecule has 1 unspecified atom stereocenters. The lowest BCUT2D eigenvalue weighted by Gasteiger charge is -2.27. The van der Waals surface area contributed by atoms with Crippen molar-refractivity contribution in [1.29, 1.82) is 0 Å². The summed E-state index contributed by atoms with van der Waals surface area (Å²) in [6.07, 6.45) is 3.73. The second-order valence-corrected chi connectivity index (χ2v) is 11.2. The molecular formula is C32H30N2O5S. The third-order valence-electron chi connectivity index (χ3n) is 6.83. The number of allylic oxidation sites excluding steroid dienone is 5. The van der Waals surface area contributed by atoms with Crippen LogP contribution in [0.15, 0.2) is 100 Å². The molecule has 0 saturated heterocycles. The number of nitrogens with one attached hydrogen (secondary N) is 2. The van der Waals surface area contributed by atoms with Crippen molar-refractivity contribution in [3.8, 4) is 0 Å². The van der Waals surface area contributed by atoms with Crippen LogP contribution >= 0.6 is 0 Å². The quantitative estimate of drug-likeness (QED) is 0.374. The van der Waals surface area contributed by atoms with E-state index in [1.165, 1.54) is 24.3 Å². The van der Waals surface area contributed by atoms with Crippen LogP contribution in [0.5, 0.6) is 0 Å². The van der Waals surface area contributed by atoms with E-state index in [0.717, 1.165) is 28.0 Å². The Kier molecular flexibility index (Phi) is 8.04. The van der Waals surface area contributed by atoms with Crippen molar-refractivity contribution in [3.05, 3.63) is 117 Å². The average Bonchev–Trinajstić information content (AvgIpc) is 2.90. The Morgan fingerprint density at radius 2 is 1.40 bits per heavy atom. The van der Waals surface area contributed by atoms with Crippen molar-refractivity contribution in [3.63, 3.8) is 0 Å². The Balaban J connectivity index is 1.65. The normalized spacial score (nSPS) is 15.1. The van der Waals surface area contributed by atoms with E-state index >= 15 is 0 Å². The lowest BCUT2D eigenvalue weighted by Crippen LogP contribution is -2.34. The number of benzene rings is 3. The number of para-hydroxylation sites is 1. The highest BCUT2D eigenvalue weighted by molar-refractivity contribution is 7.85. The van der Waals surface area contributed by atoms with E-state index in [-0.39, 0.29) is 16.7 Å². The number of hydrogen-bond donors (Lipinski definition) is 3. The summed E-state index contributed by atoms with van der Waals surface area (Å²) in [5, 5.41) is 6.70. The highest BCUT2D eigenvalue weighted by atomic mass is 32.2. The van der Waals surface area contributed by atoms with Gasteiger partial charge >= 0.3 is 0 Å². The van der Waals surface area contributed by atoms with Gasteiger partial charge in [0.2, 0.25) is 0 Å². The Morgan fingerprint density at radius 1 is 0.800 bits per heavy atom. The van der Waals surface area contributed by atoms with Crippen LogP contribution in [-0.4, -0.2) is 24.8 Å². The first kappa shape index (κ1) is 28.5. The van der Waals surface area contributed by atoms with Gasteiger partial charge in [0.1, 0.15) is 0 Å². The van der Waals surface area contributed by atoms with Crippen molar-refractivity contribution < 1.29 is 22.6 Å². The van der Waals surface area contributed by atoms with Crippen molar-refractivity contribution in [2.75, 3.05) is 10.6 Å². The van der Waals surface area contributed by atoms with E-state index in [1.807, 2.05) is 69.3 Å². The van der Waals surface area contributed by atoms with Gasteiger partial charge in [-0.1, -0.05) is 62.1 Å². The molecule has 0 aromatic heterocycles. The fourth-order valence-electron chi connectivity index (χ4n) is 4.80. The molecule has 40 heavy (non-hydrogen) atoms. The molecule has 0 radical (unpaired) electrons. The first-order chi connectivity index (χ1) is 18.9. The van der Waals surface area contributed by atoms with Crippen LogP contribution in [0.4, 0.5) is 11.4 Å². The monoisotopic (exact) mass is 554 g/mol. The molecule has 7 nitrogen and oxygen atoms in total. The van der Waals surface area contributed by atoms with E-state index < -0.39 is 16.0 Å². The van der Waals surface area contributed by atoms with Gasteiger partial charge in [-0.2, -0.15) is 8.42 Å². The van der Waals surface area contributed by atoms with Gasteiger partial charge in [0.05, 0.1) is 4.90 Å². The van der Waals surface area contributed by atoms with E-state index in [4.69, 9.17) is 4.55 Å². The number of hydrogen-bond acceptors (Lipinski definition) is 4. The summed E-state index contributed by atoms with van der Waals surface area (Å²) < 4.78 is 31.7. The molecule has 1 atom stereocenters. The van der Waals surface area contributed by atoms with Gasteiger partial charge in [0, 0.05) is 28.4 Å². The van der Waals surface area contributed by atoms with E-state index in [9.17, 15) is 18.0 Å². The highest BCUT2D eigenvalue weighted by Gasteiger charge is 2.27. The van der Waals surface area contributed by atoms with Crippen molar-refractivity contribution in [2.24, 2.45) is 5.92 Å². The number of anilines is 2. The maximum atomic E-state index is 13.1. The minimum absolute atomic E-state index is 0.169. The molecule has 0 spiro atoms. The Hall–Kier alpha value is -4.53. The summed E-state index contributed by atoms with van der Waals surface area (Å²) in [6.45, 7) is 14.3. The van der Waals surface area contributed by atoms with Crippen LogP contribution in [0, 0.1) is 5.92 Å². The van der Waals surface area contributed by atoms with Gasteiger partial charge in [0.25, 0.3) is 21.9 Å². The zero-order valence-electron chi connectivity index (χ0n) is 22.5. The van der Waals surface area contributed by atoms with Crippen LogP contribution < -0.4 is 21.1 Å². The predicted octanol–water partition coefficient (Wildman–Crippen LogP) is 4.94. The molecule has 1 aliphatic carbocycles. The zero-order valence-corrected chi connectivity index (χ0v) is 23.3. The molecule has 1 aliphatic rings. The molecule has 204 valence electrons. The molecular weight excluding hydrogens is 524 g/mol. The molecule has 0 bridgehead atoms. The number of carbonyl (C=O) groups excluding carboxylic acids is 2. The van der Waals surface area contributed by atoms with Gasteiger partial charge in [-0.15, -0.1) is 0 Å². The standard InChI is InChI=1S/C32H30N2O5S/c1-19(2)30-22(5)28(32(36)33-23-9-7-6-8-10-23)17-18-29(30)26-15-16-27(21(4)20(26)3)31(35)34-24-11-13-25(14-12-24)40(37,38)39/h6-18,22H,3-4H2,1-2,5H3,(H,33,36)(H,34,35)(H,37,38,39). The summed E-state index contributed by atoms with van der Waals surface area (Å²) >= 11 is 0. The molecule has 0 aliphatic heterocycles. The van der Waals surface area contributed by atoms with Crippen LogP contribution in [-0.2, 0) is 14.9 Å². The topological polar surface area (TPSA) is 113 Å². The SMILES string of the molecule is C=c1c(C(=O)Nc2ccc(S(=O)(=O)O)cc2)ccc(C2=CC=C(C(=O)Nc3ccccc3)C(C)C2=C(C)C)c1=C. The fourth-order valence-corrected chi connectivity index (χ4v) is 5.28. The Labute approximate surface area is 233 Å².